The zero-order chi connectivity index (χ0) is 21.0. The van der Waals surface area contributed by atoms with Crippen molar-refractivity contribution < 1.29 is 22.7 Å². The number of hydrogen-bond acceptors (Lipinski definition) is 8. The molecule has 0 fully saturated rings. The third-order valence-corrected chi connectivity index (χ3v) is 6.48. The van der Waals surface area contributed by atoms with Gasteiger partial charge in [0.05, 0.1) is 24.9 Å². The number of ether oxygens (including phenoxy) is 2. The molecule has 0 aliphatic carbocycles. The van der Waals surface area contributed by atoms with Crippen LogP contribution < -0.4 is 19.5 Å². The number of nitrogens with one attached hydrogen (secondary N) is 2. The van der Waals surface area contributed by atoms with Gasteiger partial charge in [0.15, 0.2) is 0 Å². The summed E-state index contributed by atoms with van der Waals surface area (Å²) in [6, 6.07) is 11.2. The van der Waals surface area contributed by atoms with Crippen LogP contribution in [-0.2, 0) is 10.0 Å². The number of carbonyl (C=O) groups excluding carboxylic acids is 1. The first-order valence-corrected chi connectivity index (χ1v) is 10.7. The van der Waals surface area contributed by atoms with Crippen LogP contribution in [0.3, 0.4) is 0 Å². The normalized spacial score (nSPS) is 11.0. The second-order valence-electron chi connectivity index (χ2n) is 5.49. The van der Waals surface area contributed by atoms with E-state index in [0.29, 0.717) is 16.9 Å². The summed E-state index contributed by atoms with van der Waals surface area (Å²) in [6.45, 7) is 0. The van der Waals surface area contributed by atoms with Crippen LogP contribution in [0.5, 0.6) is 11.5 Å². The van der Waals surface area contributed by atoms with Crippen molar-refractivity contribution in [3.8, 4) is 11.5 Å². The minimum absolute atomic E-state index is 0.0416. The van der Waals surface area contributed by atoms with Crippen LogP contribution in [0.15, 0.2) is 46.8 Å². The summed E-state index contributed by atoms with van der Waals surface area (Å²) in [5.74, 6) is 0.0301. The molecule has 0 atom stereocenters. The summed E-state index contributed by atoms with van der Waals surface area (Å²) in [4.78, 5) is 12.2. The molecular weight excluding hydrogens is 440 g/mol. The topological polar surface area (TPSA) is 120 Å². The molecule has 0 aliphatic rings. The number of methoxy groups -OCH3 is 2. The molecule has 12 heteroatoms. The lowest BCUT2D eigenvalue weighted by atomic mass is 10.2. The number of nitrogens with zero attached hydrogens (tertiary/aromatic N) is 2. The lowest BCUT2D eigenvalue weighted by Crippen LogP contribution is -2.13. The molecule has 0 bridgehead atoms. The van der Waals surface area contributed by atoms with E-state index in [9.17, 15) is 13.2 Å². The number of aromatic nitrogens is 2. The van der Waals surface area contributed by atoms with Crippen molar-refractivity contribution in [1.82, 2.24) is 10.2 Å². The summed E-state index contributed by atoms with van der Waals surface area (Å²) < 4.78 is 37.6. The Hall–Kier alpha value is -2.89. The summed E-state index contributed by atoms with van der Waals surface area (Å²) in [5.41, 5.74) is 0.516. The molecule has 0 saturated carbocycles. The van der Waals surface area contributed by atoms with Crippen molar-refractivity contribution in [1.29, 1.82) is 0 Å². The fraction of sp³-hybridized carbons (Fsp3) is 0.118. The predicted molar refractivity (Wildman–Crippen MR) is 110 cm³/mol. The van der Waals surface area contributed by atoms with Crippen LogP contribution in [-0.4, -0.2) is 38.7 Å². The van der Waals surface area contributed by atoms with Gasteiger partial charge in [-0.1, -0.05) is 41.1 Å². The number of amides is 1. The van der Waals surface area contributed by atoms with Gasteiger partial charge in [0.25, 0.3) is 20.3 Å². The molecule has 3 aromatic rings. The smallest absolute Gasteiger partial charge is 0.291 e. The minimum atomic E-state index is -4.10. The summed E-state index contributed by atoms with van der Waals surface area (Å²) in [5, 5.41) is 10.2. The monoisotopic (exact) mass is 454 g/mol. The molecule has 0 unspecified atom stereocenters. The molecule has 0 aliphatic heterocycles. The Morgan fingerprint density at radius 1 is 1.07 bits per heavy atom. The highest BCUT2D eigenvalue weighted by molar-refractivity contribution is 7.94. The van der Waals surface area contributed by atoms with Gasteiger partial charge in [0, 0.05) is 17.7 Å². The van der Waals surface area contributed by atoms with Crippen molar-refractivity contribution in [3.63, 3.8) is 0 Å². The second kappa shape index (κ2) is 8.64. The van der Waals surface area contributed by atoms with Gasteiger partial charge in [0.2, 0.25) is 5.13 Å². The number of halogens is 1. The summed E-state index contributed by atoms with van der Waals surface area (Å²) in [7, 11) is -1.32. The van der Waals surface area contributed by atoms with E-state index in [1.807, 2.05) is 0 Å². The van der Waals surface area contributed by atoms with E-state index in [1.165, 1.54) is 26.4 Å². The van der Waals surface area contributed by atoms with Crippen LogP contribution in [0, 0.1) is 0 Å². The predicted octanol–water partition coefficient (Wildman–Crippen LogP) is 3.26. The molecule has 1 heterocycles. The maximum Gasteiger partial charge on any atom is 0.291 e. The molecule has 1 amide bonds. The third-order valence-electron chi connectivity index (χ3n) is 3.61. The number of benzene rings is 2. The fourth-order valence-electron chi connectivity index (χ4n) is 2.26. The molecule has 9 nitrogen and oxygen atoms in total. The van der Waals surface area contributed by atoms with E-state index < -0.39 is 15.9 Å². The largest absolute Gasteiger partial charge is 0.495 e. The molecule has 0 saturated heterocycles. The Morgan fingerprint density at radius 3 is 2.41 bits per heavy atom. The van der Waals surface area contributed by atoms with Gasteiger partial charge >= 0.3 is 0 Å². The Kier molecular flexibility index (Phi) is 6.20. The lowest BCUT2D eigenvalue weighted by molar-refractivity contribution is 0.102. The molecule has 2 N–H and O–H groups in total. The summed E-state index contributed by atoms with van der Waals surface area (Å²) in [6.07, 6.45) is 0. The van der Waals surface area contributed by atoms with Gasteiger partial charge < -0.3 is 9.47 Å². The molecular formula is C17H15ClN4O5S2. The highest BCUT2D eigenvalue weighted by Gasteiger charge is 2.23. The van der Waals surface area contributed by atoms with Crippen LogP contribution in [0.1, 0.15) is 10.4 Å². The average Bonchev–Trinajstić information content (AvgIpc) is 3.19. The number of anilines is 2. The third kappa shape index (κ3) is 4.75. The van der Waals surface area contributed by atoms with Crippen LogP contribution in [0.25, 0.3) is 0 Å². The van der Waals surface area contributed by atoms with E-state index >= 15 is 0 Å². The van der Waals surface area contributed by atoms with Crippen molar-refractivity contribution in [2.75, 3.05) is 24.3 Å². The molecule has 29 heavy (non-hydrogen) atoms. The second-order valence-corrected chi connectivity index (χ2v) is 8.73. The van der Waals surface area contributed by atoms with Gasteiger partial charge in [0.1, 0.15) is 11.5 Å². The van der Waals surface area contributed by atoms with Crippen molar-refractivity contribution in [2.24, 2.45) is 0 Å². The maximum atomic E-state index is 12.7. The standard InChI is InChI=1S/C17H15ClN4O5S2/c1-26-13-9-12(14(27-2)8-11(13)18)22-29(24,25)17-21-20-16(28-17)19-15(23)10-6-4-3-5-7-10/h3-9,22H,1-2H3,(H,19,20,23). The Morgan fingerprint density at radius 2 is 1.76 bits per heavy atom. The lowest BCUT2D eigenvalue weighted by Gasteiger charge is -2.13. The maximum absolute atomic E-state index is 12.7. The first kappa shape index (κ1) is 20.8. The van der Waals surface area contributed by atoms with Crippen molar-refractivity contribution in [3.05, 3.63) is 53.1 Å². The van der Waals surface area contributed by atoms with Crippen molar-refractivity contribution >= 4 is 49.7 Å². The first-order valence-electron chi connectivity index (χ1n) is 7.98. The van der Waals surface area contributed by atoms with Crippen LogP contribution in [0.2, 0.25) is 5.02 Å². The van der Waals surface area contributed by atoms with E-state index in [4.69, 9.17) is 21.1 Å². The van der Waals surface area contributed by atoms with Gasteiger partial charge in [-0.2, -0.15) is 8.42 Å². The Balaban J connectivity index is 1.82. The minimum Gasteiger partial charge on any atom is -0.495 e. The van der Waals surface area contributed by atoms with E-state index in [-0.39, 0.29) is 31.7 Å². The average molecular weight is 455 g/mol. The number of rotatable bonds is 7. The fourth-order valence-corrected chi connectivity index (χ4v) is 4.44. The first-order chi connectivity index (χ1) is 13.8. The van der Waals surface area contributed by atoms with E-state index in [2.05, 4.69) is 20.2 Å². The van der Waals surface area contributed by atoms with E-state index in [1.54, 1.807) is 30.3 Å². The molecule has 1 aromatic heterocycles. The zero-order valence-electron chi connectivity index (χ0n) is 15.2. The highest BCUT2D eigenvalue weighted by atomic mass is 35.5. The molecule has 2 aromatic carbocycles. The van der Waals surface area contributed by atoms with Gasteiger partial charge in [-0.05, 0) is 12.1 Å². The van der Waals surface area contributed by atoms with Crippen LogP contribution >= 0.6 is 22.9 Å². The van der Waals surface area contributed by atoms with Crippen LogP contribution in [0.4, 0.5) is 10.8 Å². The van der Waals surface area contributed by atoms with Gasteiger partial charge in [-0.25, -0.2) is 0 Å². The van der Waals surface area contributed by atoms with Gasteiger partial charge in [-0.15, -0.1) is 10.2 Å². The summed E-state index contributed by atoms with van der Waals surface area (Å²) >= 11 is 6.73. The highest BCUT2D eigenvalue weighted by Crippen LogP contribution is 2.37. The van der Waals surface area contributed by atoms with E-state index in [0.717, 1.165) is 0 Å². The molecule has 152 valence electrons. The molecule has 0 spiro atoms. The van der Waals surface area contributed by atoms with Crippen molar-refractivity contribution in [2.45, 2.75) is 4.34 Å². The zero-order valence-corrected chi connectivity index (χ0v) is 17.6. The SMILES string of the molecule is COc1cc(NS(=O)(=O)c2nnc(NC(=O)c3ccccc3)s2)c(OC)cc1Cl. The Bertz CT molecular complexity index is 1140. The molecule has 0 radical (unpaired) electrons. The number of hydrogen-bond donors (Lipinski definition) is 2. The number of sulfonamides is 1. The van der Waals surface area contributed by atoms with Gasteiger partial charge in [-0.3, -0.25) is 14.8 Å². The quantitative estimate of drug-likeness (QED) is 0.525. The number of carbonyl (C=O) groups is 1. The molecule has 3 rings (SSSR count). The Labute approximate surface area is 175 Å².